The van der Waals surface area contributed by atoms with Crippen LogP contribution < -0.4 is 4.18 Å². The zero-order chi connectivity index (χ0) is 13.2. The molecular weight excluding hydrogens is 252 g/mol. The molecule has 5 heteroatoms. The molecule has 0 aromatic heterocycles. The Bertz CT molecular complexity index is 628. The lowest BCUT2D eigenvalue weighted by molar-refractivity contribution is 0.354. The normalized spacial score (nSPS) is 11.2. The van der Waals surface area contributed by atoms with Gasteiger partial charge in [0.15, 0.2) is 5.75 Å². The maximum absolute atomic E-state index is 11.9. The Morgan fingerprint density at radius 3 is 2.00 bits per heavy atom. The maximum Gasteiger partial charge on any atom is 0.339 e. The van der Waals surface area contributed by atoms with Crippen LogP contribution in [0.2, 0.25) is 0 Å². The molecule has 0 unspecified atom stereocenters. The van der Waals surface area contributed by atoms with Crippen LogP contribution in [-0.4, -0.2) is 8.42 Å². The molecule has 0 bridgehead atoms. The Balaban J connectivity index is 2.27. The van der Waals surface area contributed by atoms with E-state index in [1.54, 1.807) is 12.1 Å². The van der Waals surface area contributed by atoms with E-state index in [1.165, 1.54) is 36.4 Å². The van der Waals surface area contributed by atoms with E-state index in [4.69, 9.17) is 4.18 Å². The van der Waals surface area contributed by atoms with Crippen molar-refractivity contribution in [2.45, 2.75) is 11.8 Å². The Hall–Kier alpha value is -2.01. The van der Waals surface area contributed by atoms with E-state index < -0.39 is 10.1 Å². The molecule has 93 valence electrons. The molecule has 0 atom stereocenters. The van der Waals surface area contributed by atoms with E-state index >= 15 is 0 Å². The first-order valence-electron chi connectivity index (χ1n) is 5.26. The van der Waals surface area contributed by atoms with Crippen molar-refractivity contribution in [3.05, 3.63) is 54.1 Å². The summed E-state index contributed by atoms with van der Waals surface area (Å²) in [5.74, 6) is -0.0785. The van der Waals surface area contributed by atoms with Crippen LogP contribution in [0.15, 0.2) is 53.4 Å². The van der Waals surface area contributed by atoms with Gasteiger partial charge in [-0.1, -0.05) is 17.7 Å². The van der Waals surface area contributed by atoms with Gasteiger partial charge in [-0.05, 0) is 43.3 Å². The molecule has 0 heterocycles. The van der Waals surface area contributed by atoms with Gasteiger partial charge < -0.3 is 4.18 Å². The standard InChI is InChI=1S/C13H11O4S/c1-10-2-8-13(9-3-10)18(15,16)17-12-6-4-11(14)5-7-12/h2-9H,1H3. The summed E-state index contributed by atoms with van der Waals surface area (Å²) in [7, 11) is -3.84. The molecule has 2 aromatic rings. The third kappa shape index (κ3) is 2.81. The first-order valence-corrected chi connectivity index (χ1v) is 6.66. The summed E-state index contributed by atoms with van der Waals surface area (Å²) in [6, 6.07) is 11.5. The molecule has 0 aliphatic rings. The number of benzene rings is 2. The van der Waals surface area contributed by atoms with Crippen LogP contribution in [0.5, 0.6) is 11.5 Å². The minimum absolute atomic E-state index is 0.0827. The van der Waals surface area contributed by atoms with E-state index in [1.807, 2.05) is 6.92 Å². The largest absolute Gasteiger partial charge is 0.379 e. The second kappa shape index (κ2) is 4.70. The van der Waals surface area contributed by atoms with Crippen molar-refractivity contribution < 1.29 is 17.7 Å². The van der Waals surface area contributed by atoms with Crippen LogP contribution in [-0.2, 0) is 15.2 Å². The average Bonchev–Trinajstić information content (AvgIpc) is 2.32. The highest BCUT2D eigenvalue weighted by Gasteiger charge is 2.16. The van der Waals surface area contributed by atoms with Crippen LogP contribution in [0.4, 0.5) is 0 Å². The quantitative estimate of drug-likeness (QED) is 0.800. The molecule has 0 amide bonds. The molecule has 18 heavy (non-hydrogen) atoms. The van der Waals surface area contributed by atoms with Crippen molar-refractivity contribution in [2.24, 2.45) is 0 Å². The van der Waals surface area contributed by atoms with Crippen molar-refractivity contribution in [2.75, 3.05) is 0 Å². The van der Waals surface area contributed by atoms with E-state index in [2.05, 4.69) is 0 Å². The Kier molecular flexibility index (Phi) is 3.25. The third-order valence-electron chi connectivity index (χ3n) is 2.34. The highest BCUT2D eigenvalue weighted by atomic mass is 32.2. The second-order valence-corrected chi connectivity index (χ2v) is 5.37. The van der Waals surface area contributed by atoms with E-state index in [9.17, 15) is 13.5 Å². The Morgan fingerprint density at radius 1 is 0.889 bits per heavy atom. The van der Waals surface area contributed by atoms with Gasteiger partial charge in [0.25, 0.3) is 0 Å². The molecule has 0 N–H and O–H groups in total. The molecule has 0 aliphatic heterocycles. The monoisotopic (exact) mass is 263 g/mol. The fourth-order valence-corrected chi connectivity index (χ4v) is 2.31. The van der Waals surface area contributed by atoms with Gasteiger partial charge in [-0.2, -0.15) is 8.42 Å². The Morgan fingerprint density at radius 2 is 1.44 bits per heavy atom. The summed E-state index contributed by atoms with van der Waals surface area (Å²) >= 11 is 0. The topological polar surface area (TPSA) is 63.3 Å². The van der Waals surface area contributed by atoms with Gasteiger partial charge in [0, 0.05) is 0 Å². The zero-order valence-electron chi connectivity index (χ0n) is 9.66. The lowest BCUT2D eigenvalue weighted by atomic mass is 10.2. The van der Waals surface area contributed by atoms with Gasteiger partial charge in [0.1, 0.15) is 10.6 Å². The van der Waals surface area contributed by atoms with Gasteiger partial charge in [0.05, 0.1) is 0 Å². The van der Waals surface area contributed by atoms with Crippen molar-refractivity contribution in [1.29, 1.82) is 0 Å². The molecule has 1 radical (unpaired) electrons. The molecule has 0 aliphatic carbocycles. The first-order chi connectivity index (χ1) is 8.47. The predicted octanol–water partition coefficient (Wildman–Crippen LogP) is 2.91. The van der Waals surface area contributed by atoms with Gasteiger partial charge in [0.2, 0.25) is 0 Å². The van der Waals surface area contributed by atoms with E-state index in [0.717, 1.165) is 5.56 Å². The molecular formula is C13H11O4S. The fraction of sp³-hybridized carbons (Fsp3) is 0.0769. The summed E-state index contributed by atoms with van der Waals surface area (Å²) in [6.07, 6.45) is 0. The molecule has 0 fully saturated rings. The van der Waals surface area contributed by atoms with Gasteiger partial charge in [-0.3, -0.25) is 5.11 Å². The summed E-state index contributed by atoms with van der Waals surface area (Å²) < 4.78 is 28.7. The lowest BCUT2D eigenvalue weighted by Gasteiger charge is -2.06. The minimum Gasteiger partial charge on any atom is -0.379 e. The molecule has 0 saturated carbocycles. The van der Waals surface area contributed by atoms with Gasteiger partial charge in [-0.25, -0.2) is 0 Å². The SMILES string of the molecule is Cc1ccc(S(=O)(=O)Oc2ccc([O])cc2)cc1. The third-order valence-corrected chi connectivity index (χ3v) is 3.60. The van der Waals surface area contributed by atoms with Crippen molar-refractivity contribution in [3.8, 4) is 11.5 Å². The molecule has 2 aromatic carbocycles. The zero-order valence-corrected chi connectivity index (χ0v) is 10.5. The molecule has 2 rings (SSSR count). The highest BCUT2D eigenvalue weighted by Crippen LogP contribution is 2.21. The summed E-state index contributed by atoms with van der Waals surface area (Å²) in [6.45, 7) is 1.87. The summed E-state index contributed by atoms with van der Waals surface area (Å²) in [5, 5.41) is 10.9. The predicted molar refractivity (Wildman–Crippen MR) is 65.6 cm³/mol. The number of hydrogen-bond donors (Lipinski definition) is 0. The van der Waals surface area contributed by atoms with Crippen molar-refractivity contribution in [3.63, 3.8) is 0 Å². The summed E-state index contributed by atoms with van der Waals surface area (Å²) in [5.41, 5.74) is 0.963. The van der Waals surface area contributed by atoms with Crippen LogP contribution in [0, 0.1) is 6.92 Å². The summed E-state index contributed by atoms with van der Waals surface area (Å²) in [4.78, 5) is 0.0827. The van der Waals surface area contributed by atoms with Crippen LogP contribution in [0.3, 0.4) is 0 Å². The average molecular weight is 263 g/mol. The van der Waals surface area contributed by atoms with Gasteiger partial charge >= 0.3 is 10.1 Å². The second-order valence-electron chi connectivity index (χ2n) is 3.82. The minimum atomic E-state index is -3.84. The Labute approximate surface area is 106 Å². The number of hydrogen-bond acceptors (Lipinski definition) is 3. The highest BCUT2D eigenvalue weighted by molar-refractivity contribution is 7.87. The van der Waals surface area contributed by atoms with Crippen LogP contribution in [0.25, 0.3) is 0 Å². The van der Waals surface area contributed by atoms with E-state index in [-0.39, 0.29) is 16.4 Å². The van der Waals surface area contributed by atoms with Crippen LogP contribution in [0.1, 0.15) is 5.56 Å². The molecule has 0 spiro atoms. The fourth-order valence-electron chi connectivity index (χ4n) is 1.37. The molecule has 0 saturated heterocycles. The van der Waals surface area contributed by atoms with Crippen molar-refractivity contribution >= 4 is 10.1 Å². The first kappa shape index (κ1) is 12.4. The maximum atomic E-state index is 11.9. The number of rotatable bonds is 3. The van der Waals surface area contributed by atoms with Crippen LogP contribution >= 0.6 is 0 Å². The van der Waals surface area contributed by atoms with Gasteiger partial charge in [-0.15, -0.1) is 0 Å². The van der Waals surface area contributed by atoms with Crippen molar-refractivity contribution in [1.82, 2.24) is 0 Å². The molecule has 4 nitrogen and oxygen atoms in total. The smallest absolute Gasteiger partial charge is 0.339 e. The lowest BCUT2D eigenvalue weighted by Crippen LogP contribution is -2.09. The van der Waals surface area contributed by atoms with E-state index in [0.29, 0.717) is 0 Å². The number of aryl methyl sites for hydroxylation is 1.